The molecule has 10 nitrogen and oxygen atoms in total. The zero-order chi connectivity index (χ0) is 27.8. The van der Waals surface area contributed by atoms with Crippen molar-refractivity contribution in [2.45, 2.75) is 79.0 Å². The minimum atomic E-state index is -0.978. The number of rotatable bonds is 11. The van der Waals surface area contributed by atoms with Gasteiger partial charge >= 0.3 is 5.97 Å². The second kappa shape index (κ2) is 13.3. The maximum atomic E-state index is 13.0. The van der Waals surface area contributed by atoms with Gasteiger partial charge in [-0.3, -0.25) is 14.0 Å². The number of aryl methyl sites for hydroxylation is 3. The van der Waals surface area contributed by atoms with Crippen molar-refractivity contribution in [1.82, 2.24) is 19.3 Å². The van der Waals surface area contributed by atoms with Gasteiger partial charge in [-0.1, -0.05) is 25.5 Å². The van der Waals surface area contributed by atoms with E-state index in [-0.39, 0.29) is 17.5 Å². The molecule has 0 saturated heterocycles. The normalized spacial score (nSPS) is 12.2. The molecule has 10 heteroatoms. The van der Waals surface area contributed by atoms with Crippen molar-refractivity contribution < 1.29 is 19.4 Å². The van der Waals surface area contributed by atoms with Gasteiger partial charge in [0.2, 0.25) is 0 Å². The van der Waals surface area contributed by atoms with Crippen molar-refractivity contribution in [3.8, 4) is 5.75 Å². The monoisotopic (exact) mass is 515 g/mol. The third kappa shape index (κ3) is 8.98. The lowest BCUT2D eigenvalue weighted by atomic mass is 10.1. The van der Waals surface area contributed by atoms with Gasteiger partial charge in [-0.05, 0) is 58.7 Å². The molecule has 2 heterocycles. The van der Waals surface area contributed by atoms with E-state index in [1.54, 1.807) is 35.4 Å². The number of aromatic nitrogens is 4. The summed E-state index contributed by atoms with van der Waals surface area (Å²) in [6, 6.07) is 7.21. The van der Waals surface area contributed by atoms with Crippen LogP contribution in [0, 0.1) is 6.92 Å². The second-order valence-corrected chi connectivity index (χ2v) is 9.98. The Kier molecular flexibility index (Phi) is 10.8. The highest BCUT2D eigenvalue weighted by atomic mass is 16.5. The van der Waals surface area contributed by atoms with Crippen molar-refractivity contribution in [1.29, 1.82) is 0 Å². The van der Waals surface area contributed by atoms with E-state index in [0.29, 0.717) is 42.4 Å². The van der Waals surface area contributed by atoms with Crippen LogP contribution in [0.25, 0.3) is 11.0 Å². The topological polar surface area (TPSA) is 134 Å². The first-order chi connectivity index (χ1) is 17.3. The van der Waals surface area contributed by atoms with Crippen molar-refractivity contribution in [2.75, 3.05) is 13.2 Å². The number of nitrogens with two attached hydrogens (primary N) is 1. The quantitative estimate of drug-likeness (QED) is 0.397. The van der Waals surface area contributed by atoms with E-state index in [1.807, 2.05) is 39.8 Å². The molecule has 0 aliphatic rings. The summed E-state index contributed by atoms with van der Waals surface area (Å²) in [4.78, 5) is 28.9. The van der Waals surface area contributed by atoms with E-state index < -0.39 is 12.1 Å². The number of fused-ring (bicyclic) bond motifs is 1. The van der Waals surface area contributed by atoms with Gasteiger partial charge in [-0.2, -0.15) is 5.10 Å². The molecule has 0 saturated carbocycles. The first kappa shape index (κ1) is 30.0. The molecule has 0 aliphatic heterocycles. The fourth-order valence-electron chi connectivity index (χ4n) is 3.70. The number of ether oxygens (including phenoxy) is 2. The molecular weight excluding hydrogens is 474 g/mol. The minimum Gasteiger partial charge on any atom is -0.492 e. The second-order valence-electron chi connectivity index (χ2n) is 9.98. The minimum absolute atomic E-state index is 0. The van der Waals surface area contributed by atoms with E-state index in [2.05, 4.69) is 17.0 Å². The van der Waals surface area contributed by atoms with E-state index in [9.17, 15) is 14.7 Å². The van der Waals surface area contributed by atoms with Gasteiger partial charge in [0.25, 0.3) is 5.56 Å². The lowest BCUT2D eigenvalue weighted by molar-refractivity contribution is -0.149. The van der Waals surface area contributed by atoms with E-state index in [0.717, 1.165) is 24.1 Å². The van der Waals surface area contributed by atoms with Crippen LogP contribution in [0.2, 0.25) is 0 Å². The Morgan fingerprint density at radius 1 is 1.19 bits per heavy atom. The Bertz CT molecular complexity index is 1220. The summed E-state index contributed by atoms with van der Waals surface area (Å²) in [6.07, 6.45) is 1.14. The van der Waals surface area contributed by atoms with Crippen molar-refractivity contribution >= 4 is 17.0 Å². The molecule has 0 bridgehead atoms. The Balaban J connectivity index is 0.000000877. The van der Waals surface area contributed by atoms with E-state index in [1.165, 1.54) is 0 Å². The molecule has 1 aromatic carbocycles. The smallest absolute Gasteiger partial charge is 0.333 e. The summed E-state index contributed by atoms with van der Waals surface area (Å²) in [5.41, 5.74) is 8.11. The lowest BCUT2D eigenvalue weighted by Crippen LogP contribution is -2.27. The highest BCUT2D eigenvalue weighted by Crippen LogP contribution is 2.16. The number of aliphatic carboxylic acids is 1. The maximum Gasteiger partial charge on any atom is 0.333 e. The zero-order valence-corrected chi connectivity index (χ0v) is 23.1. The van der Waals surface area contributed by atoms with Crippen LogP contribution in [-0.2, 0) is 36.0 Å². The molecule has 2 aromatic heterocycles. The van der Waals surface area contributed by atoms with Gasteiger partial charge in [0.15, 0.2) is 11.6 Å². The molecule has 3 rings (SSSR count). The van der Waals surface area contributed by atoms with E-state index >= 15 is 0 Å². The molecule has 3 aromatic rings. The Labute approximate surface area is 218 Å². The van der Waals surface area contributed by atoms with Gasteiger partial charge in [0.1, 0.15) is 23.7 Å². The third-order valence-corrected chi connectivity index (χ3v) is 5.26. The van der Waals surface area contributed by atoms with Crippen LogP contribution in [0.15, 0.2) is 29.1 Å². The molecule has 1 unspecified atom stereocenters. The first-order valence-electron chi connectivity index (χ1n) is 12.6. The van der Waals surface area contributed by atoms with Crippen LogP contribution in [0.5, 0.6) is 5.75 Å². The first-order valence-corrected chi connectivity index (χ1v) is 12.6. The van der Waals surface area contributed by atoms with Crippen LogP contribution in [-0.4, -0.2) is 55.3 Å². The van der Waals surface area contributed by atoms with Gasteiger partial charge in [-0.15, -0.1) is 0 Å². The number of carboxylic acid groups (broad SMARTS) is 1. The SMILES string of the molecule is CC(C)(C)N.CCCc1nn(C)c2c(=O)n(CCOc3ccc(CC(OCC)C(=O)O)cc3)c(C)nc12. The maximum absolute atomic E-state index is 13.0. The highest BCUT2D eigenvalue weighted by Gasteiger charge is 2.18. The predicted octanol–water partition coefficient (Wildman–Crippen LogP) is 3.25. The highest BCUT2D eigenvalue weighted by molar-refractivity contribution is 5.76. The molecule has 0 aliphatic carbocycles. The molecule has 0 spiro atoms. The summed E-state index contributed by atoms with van der Waals surface area (Å²) >= 11 is 0. The lowest BCUT2D eigenvalue weighted by Gasteiger charge is -2.13. The Morgan fingerprint density at radius 3 is 2.35 bits per heavy atom. The molecule has 0 radical (unpaired) electrons. The summed E-state index contributed by atoms with van der Waals surface area (Å²) < 4.78 is 14.3. The summed E-state index contributed by atoms with van der Waals surface area (Å²) in [6.45, 7) is 12.5. The molecule has 204 valence electrons. The summed E-state index contributed by atoms with van der Waals surface area (Å²) in [5, 5.41) is 13.7. The summed E-state index contributed by atoms with van der Waals surface area (Å²) in [5.74, 6) is 0.291. The van der Waals surface area contributed by atoms with Crippen LogP contribution < -0.4 is 16.0 Å². The van der Waals surface area contributed by atoms with Gasteiger partial charge in [-0.25, -0.2) is 9.78 Å². The predicted molar refractivity (Wildman–Crippen MR) is 144 cm³/mol. The number of nitrogens with zero attached hydrogens (tertiary/aromatic N) is 4. The number of benzene rings is 1. The molecule has 0 fully saturated rings. The van der Waals surface area contributed by atoms with Crippen LogP contribution in [0.3, 0.4) is 0 Å². The summed E-state index contributed by atoms with van der Waals surface area (Å²) in [7, 11) is 1.77. The molecule has 37 heavy (non-hydrogen) atoms. The average Bonchev–Trinajstić information content (AvgIpc) is 3.10. The largest absolute Gasteiger partial charge is 0.492 e. The van der Waals surface area contributed by atoms with Gasteiger partial charge in [0.05, 0.1) is 12.2 Å². The van der Waals surface area contributed by atoms with Crippen LogP contribution >= 0.6 is 0 Å². The molecule has 3 N–H and O–H groups in total. The van der Waals surface area contributed by atoms with Crippen molar-refractivity contribution in [3.05, 3.63) is 51.7 Å². The Hall–Kier alpha value is -3.24. The number of carbonyl (C=O) groups is 1. The van der Waals surface area contributed by atoms with Crippen molar-refractivity contribution in [3.63, 3.8) is 0 Å². The molecule has 1 atom stereocenters. The standard InChI is InChI=1S/C23H30N4O5.C4H11N/c1-5-7-18-20-21(26(4)25-18)22(28)27(15(3)24-20)12-13-32-17-10-8-16(9-11-17)14-19(23(29)30)31-6-2;1-4(2,3)5/h8-11,19H,5-7,12-14H2,1-4H3,(H,29,30);5H2,1-3H3. The van der Waals surface area contributed by atoms with Gasteiger partial charge in [0, 0.05) is 25.6 Å². The average molecular weight is 516 g/mol. The fourth-order valence-corrected chi connectivity index (χ4v) is 3.70. The third-order valence-electron chi connectivity index (χ3n) is 5.26. The number of hydrogen-bond acceptors (Lipinski definition) is 7. The zero-order valence-electron chi connectivity index (χ0n) is 23.1. The fraction of sp³-hybridized carbons (Fsp3) is 0.556. The van der Waals surface area contributed by atoms with Gasteiger partial charge < -0.3 is 20.3 Å². The molecule has 0 amide bonds. The van der Waals surface area contributed by atoms with Crippen molar-refractivity contribution in [2.24, 2.45) is 12.8 Å². The Morgan fingerprint density at radius 2 is 1.81 bits per heavy atom. The molecular formula is C27H41N5O5. The number of carboxylic acids is 1. The number of hydrogen-bond donors (Lipinski definition) is 2. The van der Waals surface area contributed by atoms with E-state index in [4.69, 9.17) is 15.2 Å². The van der Waals surface area contributed by atoms with Crippen LogP contribution in [0.4, 0.5) is 0 Å². The van der Waals surface area contributed by atoms with Crippen LogP contribution in [0.1, 0.15) is 58.1 Å².